The zero-order valence-electron chi connectivity index (χ0n) is 11.6. The number of aromatic nitrogens is 3. The molecular formula is C15H19BrN4. The van der Waals surface area contributed by atoms with Gasteiger partial charge in [0.2, 0.25) is 0 Å². The SMILES string of the molecule is Cc1nnc(-c2cc(Br)ccc2N)n1C1CCCCC1. The third kappa shape index (κ3) is 2.46. The van der Waals surface area contributed by atoms with Crippen LogP contribution in [0.4, 0.5) is 5.69 Å². The van der Waals surface area contributed by atoms with Gasteiger partial charge in [-0.2, -0.15) is 0 Å². The lowest BCUT2D eigenvalue weighted by molar-refractivity contribution is 0.350. The molecule has 0 bridgehead atoms. The van der Waals surface area contributed by atoms with Crippen molar-refractivity contribution < 1.29 is 0 Å². The van der Waals surface area contributed by atoms with Gasteiger partial charge < -0.3 is 10.3 Å². The Morgan fingerprint density at radius 3 is 2.70 bits per heavy atom. The summed E-state index contributed by atoms with van der Waals surface area (Å²) in [6, 6.07) is 6.40. The number of benzene rings is 1. The molecule has 2 N–H and O–H groups in total. The highest BCUT2D eigenvalue weighted by Gasteiger charge is 2.22. The molecule has 1 aromatic heterocycles. The molecule has 3 rings (SSSR count). The molecular weight excluding hydrogens is 316 g/mol. The predicted molar refractivity (Wildman–Crippen MR) is 84.4 cm³/mol. The van der Waals surface area contributed by atoms with Gasteiger partial charge in [0.25, 0.3) is 0 Å². The van der Waals surface area contributed by atoms with Crippen molar-refractivity contribution in [2.75, 3.05) is 5.73 Å². The lowest BCUT2D eigenvalue weighted by Crippen LogP contribution is -2.15. The summed E-state index contributed by atoms with van der Waals surface area (Å²) in [7, 11) is 0. The summed E-state index contributed by atoms with van der Waals surface area (Å²) in [6.45, 7) is 2.03. The summed E-state index contributed by atoms with van der Waals surface area (Å²) >= 11 is 3.51. The van der Waals surface area contributed by atoms with E-state index in [2.05, 4.69) is 30.7 Å². The Morgan fingerprint density at radius 2 is 1.95 bits per heavy atom. The van der Waals surface area contributed by atoms with E-state index < -0.39 is 0 Å². The van der Waals surface area contributed by atoms with Crippen molar-refractivity contribution in [1.82, 2.24) is 14.8 Å². The topological polar surface area (TPSA) is 56.7 Å². The number of aryl methyl sites for hydroxylation is 1. The van der Waals surface area contributed by atoms with Gasteiger partial charge in [0.1, 0.15) is 5.82 Å². The van der Waals surface area contributed by atoms with Crippen molar-refractivity contribution >= 4 is 21.6 Å². The quantitative estimate of drug-likeness (QED) is 0.841. The van der Waals surface area contributed by atoms with Crippen LogP contribution in [0, 0.1) is 6.92 Å². The second kappa shape index (κ2) is 5.56. The smallest absolute Gasteiger partial charge is 0.166 e. The number of nitrogens with two attached hydrogens (primary N) is 1. The number of hydrogen-bond acceptors (Lipinski definition) is 3. The third-order valence-corrected chi connectivity index (χ3v) is 4.56. The Morgan fingerprint density at radius 1 is 1.20 bits per heavy atom. The second-order valence-electron chi connectivity index (χ2n) is 5.46. The van der Waals surface area contributed by atoms with Crippen molar-refractivity contribution in [1.29, 1.82) is 0 Å². The molecule has 1 saturated carbocycles. The molecule has 0 radical (unpaired) electrons. The number of hydrogen-bond donors (Lipinski definition) is 1. The molecule has 0 atom stereocenters. The van der Waals surface area contributed by atoms with E-state index in [9.17, 15) is 0 Å². The number of halogens is 1. The highest BCUT2D eigenvalue weighted by molar-refractivity contribution is 9.10. The molecule has 0 amide bonds. The number of nitrogens with zero attached hydrogens (tertiary/aromatic N) is 3. The van der Waals surface area contributed by atoms with Crippen molar-refractivity contribution in [2.24, 2.45) is 0 Å². The standard InChI is InChI=1S/C15H19BrN4/c1-10-18-19-15(13-9-11(16)7-8-14(13)17)20(10)12-5-3-2-4-6-12/h7-9,12H,2-6,17H2,1H3. The van der Waals surface area contributed by atoms with Crippen LogP contribution in [0.5, 0.6) is 0 Å². The van der Waals surface area contributed by atoms with Crippen LogP contribution in [0.3, 0.4) is 0 Å². The molecule has 1 aromatic carbocycles. The summed E-state index contributed by atoms with van der Waals surface area (Å²) < 4.78 is 3.29. The number of anilines is 1. The minimum atomic E-state index is 0.507. The number of nitrogen functional groups attached to an aromatic ring is 1. The normalized spacial score (nSPS) is 16.5. The first-order valence-electron chi connectivity index (χ1n) is 7.13. The third-order valence-electron chi connectivity index (χ3n) is 4.06. The fraction of sp³-hybridized carbons (Fsp3) is 0.467. The van der Waals surface area contributed by atoms with E-state index in [1.807, 2.05) is 25.1 Å². The molecule has 5 heteroatoms. The lowest BCUT2D eigenvalue weighted by Gasteiger charge is -2.25. The zero-order chi connectivity index (χ0) is 14.1. The first-order valence-corrected chi connectivity index (χ1v) is 7.93. The van der Waals surface area contributed by atoms with E-state index >= 15 is 0 Å². The van der Waals surface area contributed by atoms with Crippen LogP contribution in [-0.4, -0.2) is 14.8 Å². The predicted octanol–water partition coefficient (Wildman–Crippen LogP) is 4.10. The molecule has 1 aliphatic carbocycles. The Labute approximate surface area is 127 Å². The summed E-state index contributed by atoms with van der Waals surface area (Å²) in [6.07, 6.45) is 6.33. The van der Waals surface area contributed by atoms with Crippen LogP contribution in [0.2, 0.25) is 0 Å². The van der Waals surface area contributed by atoms with Crippen molar-refractivity contribution in [2.45, 2.75) is 45.1 Å². The van der Waals surface area contributed by atoms with Crippen LogP contribution in [0.15, 0.2) is 22.7 Å². The maximum Gasteiger partial charge on any atom is 0.166 e. The molecule has 0 saturated heterocycles. The first-order chi connectivity index (χ1) is 9.66. The van der Waals surface area contributed by atoms with E-state index in [1.54, 1.807) is 0 Å². The Kier molecular flexibility index (Phi) is 3.78. The van der Waals surface area contributed by atoms with E-state index in [1.165, 1.54) is 32.1 Å². The minimum Gasteiger partial charge on any atom is -0.398 e. The van der Waals surface area contributed by atoms with E-state index in [0.29, 0.717) is 6.04 Å². The van der Waals surface area contributed by atoms with Crippen molar-refractivity contribution in [3.63, 3.8) is 0 Å². The van der Waals surface area contributed by atoms with Crippen molar-refractivity contribution in [3.05, 3.63) is 28.5 Å². The van der Waals surface area contributed by atoms with Crippen LogP contribution >= 0.6 is 15.9 Å². The fourth-order valence-electron chi connectivity index (χ4n) is 3.05. The molecule has 4 nitrogen and oxygen atoms in total. The molecule has 106 valence electrons. The molecule has 2 aromatic rings. The summed E-state index contributed by atoms with van der Waals surface area (Å²) in [5.41, 5.74) is 7.84. The van der Waals surface area contributed by atoms with Gasteiger partial charge >= 0.3 is 0 Å². The average molecular weight is 335 g/mol. The largest absolute Gasteiger partial charge is 0.398 e. The highest BCUT2D eigenvalue weighted by Crippen LogP contribution is 2.35. The summed E-state index contributed by atoms with van der Waals surface area (Å²) in [4.78, 5) is 0. The molecule has 1 aliphatic rings. The minimum absolute atomic E-state index is 0.507. The maximum absolute atomic E-state index is 6.13. The average Bonchev–Trinajstić information content (AvgIpc) is 2.84. The monoisotopic (exact) mass is 334 g/mol. The van der Waals surface area contributed by atoms with E-state index in [0.717, 1.165) is 27.4 Å². The Bertz CT molecular complexity index is 614. The molecule has 20 heavy (non-hydrogen) atoms. The van der Waals surface area contributed by atoms with Gasteiger partial charge in [-0.25, -0.2) is 0 Å². The van der Waals surface area contributed by atoms with Crippen LogP contribution in [-0.2, 0) is 0 Å². The van der Waals surface area contributed by atoms with E-state index in [4.69, 9.17) is 5.73 Å². The Hall–Kier alpha value is -1.36. The summed E-state index contributed by atoms with van der Waals surface area (Å²) in [5, 5.41) is 8.66. The molecule has 0 aliphatic heterocycles. The van der Waals surface area contributed by atoms with Crippen molar-refractivity contribution in [3.8, 4) is 11.4 Å². The molecule has 0 spiro atoms. The van der Waals surface area contributed by atoms with Gasteiger partial charge in [-0.15, -0.1) is 10.2 Å². The van der Waals surface area contributed by atoms with Gasteiger partial charge in [-0.1, -0.05) is 35.2 Å². The zero-order valence-corrected chi connectivity index (χ0v) is 13.2. The highest BCUT2D eigenvalue weighted by atomic mass is 79.9. The van der Waals surface area contributed by atoms with E-state index in [-0.39, 0.29) is 0 Å². The van der Waals surface area contributed by atoms with Crippen LogP contribution < -0.4 is 5.73 Å². The fourth-order valence-corrected chi connectivity index (χ4v) is 3.41. The summed E-state index contributed by atoms with van der Waals surface area (Å²) in [5.74, 6) is 1.87. The molecule has 1 fully saturated rings. The van der Waals surface area contributed by atoms with Gasteiger partial charge in [-0.05, 0) is 38.0 Å². The molecule has 0 unspecified atom stereocenters. The van der Waals surface area contributed by atoms with Gasteiger partial charge in [0.15, 0.2) is 5.82 Å². The molecule has 1 heterocycles. The van der Waals surface area contributed by atoms with Gasteiger partial charge in [0.05, 0.1) is 0 Å². The van der Waals surface area contributed by atoms with Gasteiger partial charge in [-0.3, -0.25) is 0 Å². The maximum atomic E-state index is 6.13. The van der Waals surface area contributed by atoms with Crippen LogP contribution in [0.1, 0.15) is 44.0 Å². The lowest BCUT2D eigenvalue weighted by atomic mass is 9.95. The second-order valence-corrected chi connectivity index (χ2v) is 6.38. The van der Waals surface area contributed by atoms with Crippen LogP contribution in [0.25, 0.3) is 11.4 Å². The Balaban J connectivity index is 2.08. The van der Waals surface area contributed by atoms with Gasteiger partial charge in [0, 0.05) is 21.8 Å². The number of rotatable bonds is 2. The first kappa shape index (κ1) is 13.6.